The molecular weight excluding hydrogens is 437 g/mol. The van der Waals surface area contributed by atoms with Crippen molar-refractivity contribution in [2.45, 2.75) is 6.92 Å². The van der Waals surface area contributed by atoms with Crippen LogP contribution in [0.3, 0.4) is 0 Å². The number of hydrogen-bond donors (Lipinski definition) is 4. The van der Waals surface area contributed by atoms with E-state index in [-0.39, 0.29) is 45.1 Å². The number of ketones is 1. The predicted molar refractivity (Wildman–Crippen MR) is 114 cm³/mol. The number of nitrogen functional groups attached to an aromatic ring is 2. The van der Waals surface area contributed by atoms with E-state index in [1.165, 1.54) is 31.6 Å². The number of carbonyl (C=O) groups is 3. The van der Waals surface area contributed by atoms with E-state index in [9.17, 15) is 18.8 Å². The van der Waals surface area contributed by atoms with Gasteiger partial charge >= 0.3 is 12.0 Å². The standard InChI is InChI=1S/C20H16FN7O5/c1-8(29)10-2-11(13(21)3-14(10)22)17-16-18(33-27-19(16)23)12(5-24-17)9-4-26-28(7-9)20(32)25-6-15(30)31/h2-5,7H,6,22H2,1H3,(H2,23,27)(H,25,32)(H,30,31). The Balaban J connectivity index is 1.82. The molecule has 3 aromatic heterocycles. The minimum atomic E-state index is -1.21. The van der Waals surface area contributed by atoms with Crippen LogP contribution in [0.4, 0.5) is 20.7 Å². The highest BCUT2D eigenvalue weighted by molar-refractivity contribution is 6.06. The lowest BCUT2D eigenvalue weighted by atomic mass is 9.99. The van der Waals surface area contributed by atoms with Crippen LogP contribution in [-0.4, -0.2) is 49.4 Å². The number of carboxylic acid groups (broad SMARTS) is 1. The molecule has 3 heterocycles. The number of Topliss-reactive ketones (excluding diaryl/α,β-unsaturated/α-hetero) is 1. The van der Waals surface area contributed by atoms with Gasteiger partial charge in [0.15, 0.2) is 17.2 Å². The zero-order chi connectivity index (χ0) is 23.9. The normalized spacial score (nSPS) is 11.0. The largest absolute Gasteiger partial charge is 0.480 e. The number of amides is 1. The zero-order valence-electron chi connectivity index (χ0n) is 17.0. The fourth-order valence-electron chi connectivity index (χ4n) is 3.26. The number of anilines is 2. The fraction of sp³-hybridized carbons (Fsp3) is 0.100. The number of aromatic nitrogens is 4. The Labute approximate surface area is 184 Å². The molecule has 0 fully saturated rings. The topological polar surface area (TPSA) is 192 Å². The molecule has 0 aliphatic carbocycles. The van der Waals surface area contributed by atoms with Gasteiger partial charge in [-0.05, 0) is 19.1 Å². The van der Waals surface area contributed by atoms with Crippen molar-refractivity contribution in [3.8, 4) is 22.4 Å². The molecule has 0 saturated heterocycles. The number of nitrogens with one attached hydrogen (secondary N) is 1. The number of halogens is 1. The Kier molecular flexibility index (Phi) is 5.21. The Hall–Kier alpha value is -4.81. The molecule has 0 radical (unpaired) electrons. The average Bonchev–Trinajstić information content (AvgIpc) is 3.39. The number of nitrogens with zero attached hydrogens (tertiary/aromatic N) is 4. The van der Waals surface area contributed by atoms with E-state index in [1.807, 2.05) is 0 Å². The van der Waals surface area contributed by atoms with Crippen LogP contribution in [0.15, 0.2) is 35.2 Å². The number of nitrogens with two attached hydrogens (primary N) is 2. The first-order valence-electron chi connectivity index (χ1n) is 9.36. The molecule has 1 amide bonds. The van der Waals surface area contributed by atoms with Gasteiger partial charge in [-0.25, -0.2) is 9.18 Å². The maximum atomic E-state index is 14.8. The molecule has 0 aliphatic heterocycles. The van der Waals surface area contributed by atoms with Crippen LogP contribution in [0.25, 0.3) is 33.4 Å². The Morgan fingerprint density at radius 2 is 1.97 bits per heavy atom. The van der Waals surface area contributed by atoms with E-state index < -0.39 is 24.4 Å². The van der Waals surface area contributed by atoms with Crippen LogP contribution >= 0.6 is 0 Å². The molecule has 0 saturated carbocycles. The van der Waals surface area contributed by atoms with E-state index >= 15 is 0 Å². The smallest absolute Gasteiger partial charge is 0.342 e. The summed E-state index contributed by atoms with van der Waals surface area (Å²) in [7, 11) is 0. The summed E-state index contributed by atoms with van der Waals surface area (Å²) in [5.41, 5.74) is 12.7. The van der Waals surface area contributed by atoms with Crippen LogP contribution in [-0.2, 0) is 4.79 Å². The molecule has 1 aromatic carbocycles. The second-order valence-corrected chi connectivity index (χ2v) is 6.99. The fourth-order valence-corrected chi connectivity index (χ4v) is 3.26. The molecule has 168 valence electrons. The minimum Gasteiger partial charge on any atom is -0.480 e. The summed E-state index contributed by atoms with van der Waals surface area (Å²) in [5, 5.41) is 18.7. The Morgan fingerprint density at radius 3 is 2.67 bits per heavy atom. The van der Waals surface area contributed by atoms with E-state index in [2.05, 4.69) is 20.6 Å². The molecule has 6 N–H and O–H groups in total. The van der Waals surface area contributed by atoms with Crippen LogP contribution in [0.2, 0.25) is 0 Å². The lowest BCUT2D eigenvalue weighted by molar-refractivity contribution is -0.135. The molecule has 0 unspecified atom stereocenters. The molecule has 4 rings (SSSR count). The second kappa shape index (κ2) is 8.03. The SMILES string of the molecule is CC(=O)c1cc(-c2ncc(-c3cnn(C(=O)NCC(=O)O)c3)c3onc(N)c23)c(F)cc1N. The van der Waals surface area contributed by atoms with Crippen molar-refractivity contribution in [2.75, 3.05) is 18.0 Å². The third-order valence-electron chi connectivity index (χ3n) is 4.79. The number of rotatable bonds is 5. The van der Waals surface area contributed by atoms with E-state index in [4.69, 9.17) is 21.1 Å². The van der Waals surface area contributed by atoms with Gasteiger partial charge in [0.2, 0.25) is 0 Å². The van der Waals surface area contributed by atoms with Crippen molar-refractivity contribution in [3.63, 3.8) is 0 Å². The first-order chi connectivity index (χ1) is 15.7. The van der Waals surface area contributed by atoms with E-state index in [0.717, 1.165) is 10.7 Å². The van der Waals surface area contributed by atoms with Crippen LogP contribution in [0.5, 0.6) is 0 Å². The molecule has 0 bridgehead atoms. The average molecular weight is 453 g/mol. The summed E-state index contributed by atoms with van der Waals surface area (Å²) in [4.78, 5) is 38.8. The molecule has 13 heteroatoms. The maximum absolute atomic E-state index is 14.8. The van der Waals surface area contributed by atoms with Crippen LogP contribution in [0, 0.1) is 5.82 Å². The lowest BCUT2D eigenvalue weighted by Gasteiger charge is -2.10. The summed E-state index contributed by atoms with van der Waals surface area (Å²) in [5.74, 6) is -2.35. The quantitative estimate of drug-likeness (QED) is 0.256. The summed E-state index contributed by atoms with van der Waals surface area (Å²) in [6.07, 6.45) is 4.00. The summed E-state index contributed by atoms with van der Waals surface area (Å²) >= 11 is 0. The third kappa shape index (κ3) is 3.82. The first-order valence-corrected chi connectivity index (χ1v) is 9.36. The van der Waals surface area contributed by atoms with Gasteiger partial charge < -0.3 is 26.4 Å². The summed E-state index contributed by atoms with van der Waals surface area (Å²) in [6.45, 7) is 0.722. The Morgan fingerprint density at radius 1 is 1.21 bits per heavy atom. The van der Waals surface area contributed by atoms with Gasteiger partial charge in [0.25, 0.3) is 0 Å². The number of pyridine rings is 1. The van der Waals surface area contributed by atoms with Gasteiger partial charge in [-0.2, -0.15) is 9.78 Å². The van der Waals surface area contributed by atoms with Crippen molar-refractivity contribution < 1.29 is 28.4 Å². The highest BCUT2D eigenvalue weighted by Crippen LogP contribution is 2.38. The number of aliphatic carboxylic acids is 1. The third-order valence-corrected chi connectivity index (χ3v) is 4.79. The Bertz CT molecular complexity index is 1440. The second-order valence-electron chi connectivity index (χ2n) is 6.99. The molecule has 0 atom stereocenters. The number of benzene rings is 1. The van der Waals surface area contributed by atoms with Gasteiger partial charge in [0.1, 0.15) is 12.4 Å². The van der Waals surface area contributed by atoms with Gasteiger partial charge in [-0.3, -0.25) is 14.6 Å². The van der Waals surface area contributed by atoms with Crippen LogP contribution in [0.1, 0.15) is 17.3 Å². The molecule has 0 spiro atoms. The van der Waals surface area contributed by atoms with Crippen molar-refractivity contribution >= 4 is 40.3 Å². The number of fused-ring (bicyclic) bond motifs is 1. The minimum absolute atomic E-state index is 0.0107. The highest BCUT2D eigenvalue weighted by Gasteiger charge is 2.23. The van der Waals surface area contributed by atoms with Gasteiger partial charge in [0, 0.05) is 40.3 Å². The lowest BCUT2D eigenvalue weighted by Crippen LogP contribution is -2.33. The van der Waals surface area contributed by atoms with Gasteiger partial charge in [-0.15, -0.1) is 0 Å². The van der Waals surface area contributed by atoms with Crippen molar-refractivity contribution in [2.24, 2.45) is 0 Å². The predicted octanol–water partition coefficient (Wildman–Crippen LogP) is 1.90. The molecule has 12 nitrogen and oxygen atoms in total. The maximum Gasteiger partial charge on any atom is 0.342 e. The number of carboxylic acids is 1. The summed E-state index contributed by atoms with van der Waals surface area (Å²) < 4.78 is 21.0. The van der Waals surface area contributed by atoms with E-state index in [1.54, 1.807) is 0 Å². The summed E-state index contributed by atoms with van der Waals surface area (Å²) in [6, 6.07) is 1.55. The van der Waals surface area contributed by atoms with Gasteiger partial charge in [-0.1, -0.05) is 5.16 Å². The van der Waals surface area contributed by atoms with E-state index in [0.29, 0.717) is 11.1 Å². The monoisotopic (exact) mass is 453 g/mol. The molecule has 4 aromatic rings. The molecule has 33 heavy (non-hydrogen) atoms. The first kappa shape index (κ1) is 21.4. The van der Waals surface area contributed by atoms with Gasteiger partial charge in [0.05, 0.1) is 17.3 Å². The van der Waals surface area contributed by atoms with Crippen molar-refractivity contribution in [1.29, 1.82) is 0 Å². The van der Waals surface area contributed by atoms with Crippen molar-refractivity contribution in [3.05, 3.63) is 42.1 Å². The van der Waals surface area contributed by atoms with Crippen molar-refractivity contribution in [1.82, 2.24) is 25.2 Å². The van der Waals surface area contributed by atoms with Crippen LogP contribution < -0.4 is 16.8 Å². The molecular formula is C20H16FN7O5. The number of hydrogen-bond acceptors (Lipinski definition) is 9. The molecule has 0 aliphatic rings. The highest BCUT2D eigenvalue weighted by atomic mass is 19.1. The zero-order valence-corrected chi connectivity index (χ0v) is 17.0. The number of carbonyl (C=O) groups excluding carboxylic acids is 2.